The Bertz CT molecular complexity index is 482. The highest BCUT2D eigenvalue weighted by Crippen LogP contribution is 2.31. The smallest absolute Gasteiger partial charge is 0.340 e. The summed E-state index contributed by atoms with van der Waals surface area (Å²) in [5.41, 5.74) is 8.06. The molecular formula is C16H24N2O3. The van der Waals surface area contributed by atoms with Crippen LogP contribution < -0.4 is 10.6 Å². The number of hydrogen-bond donors (Lipinski definition) is 1. The number of carbonyl (C=O) groups is 1. The average molecular weight is 292 g/mol. The molecule has 116 valence electrons. The Kier molecular flexibility index (Phi) is 5.44. The SMILES string of the molecule is CCOC(=O)c1cccc(N)c1N1CCC(OCC)CC1. The third-order valence-electron chi connectivity index (χ3n) is 3.72. The van der Waals surface area contributed by atoms with Crippen molar-refractivity contribution in [3.8, 4) is 0 Å². The predicted octanol–water partition coefficient (Wildman–Crippen LogP) is 2.45. The van der Waals surface area contributed by atoms with Crippen LogP contribution in [0.3, 0.4) is 0 Å². The fourth-order valence-corrected chi connectivity index (χ4v) is 2.77. The van der Waals surface area contributed by atoms with Crippen molar-refractivity contribution in [1.29, 1.82) is 0 Å². The first kappa shape index (κ1) is 15.6. The Balaban J connectivity index is 2.18. The second-order valence-electron chi connectivity index (χ2n) is 5.11. The van der Waals surface area contributed by atoms with Gasteiger partial charge in [-0.1, -0.05) is 6.07 Å². The van der Waals surface area contributed by atoms with Crippen LogP contribution in [-0.4, -0.2) is 38.4 Å². The van der Waals surface area contributed by atoms with Gasteiger partial charge in [-0.3, -0.25) is 0 Å². The van der Waals surface area contributed by atoms with Gasteiger partial charge in [0.1, 0.15) is 0 Å². The Labute approximate surface area is 126 Å². The predicted molar refractivity (Wildman–Crippen MR) is 83.7 cm³/mol. The molecule has 1 aromatic carbocycles. The van der Waals surface area contributed by atoms with Gasteiger partial charge in [0.25, 0.3) is 0 Å². The van der Waals surface area contributed by atoms with Gasteiger partial charge >= 0.3 is 5.97 Å². The van der Waals surface area contributed by atoms with E-state index < -0.39 is 0 Å². The lowest BCUT2D eigenvalue weighted by Gasteiger charge is -2.34. The fraction of sp³-hybridized carbons (Fsp3) is 0.562. The molecule has 1 saturated heterocycles. The Morgan fingerprint density at radius 1 is 1.29 bits per heavy atom. The van der Waals surface area contributed by atoms with Crippen LogP contribution in [-0.2, 0) is 9.47 Å². The molecule has 1 heterocycles. The van der Waals surface area contributed by atoms with Crippen molar-refractivity contribution in [2.45, 2.75) is 32.8 Å². The number of piperidine rings is 1. The summed E-state index contributed by atoms with van der Waals surface area (Å²) in [6.45, 7) is 6.60. The van der Waals surface area contributed by atoms with Crippen LogP contribution in [0.2, 0.25) is 0 Å². The lowest BCUT2D eigenvalue weighted by molar-refractivity contribution is 0.0458. The second-order valence-corrected chi connectivity index (χ2v) is 5.11. The maximum Gasteiger partial charge on any atom is 0.340 e. The van der Waals surface area contributed by atoms with Crippen molar-refractivity contribution < 1.29 is 14.3 Å². The average Bonchev–Trinajstić information content (AvgIpc) is 2.48. The van der Waals surface area contributed by atoms with Gasteiger partial charge in [0, 0.05) is 19.7 Å². The van der Waals surface area contributed by atoms with E-state index in [1.54, 1.807) is 19.1 Å². The topological polar surface area (TPSA) is 64.8 Å². The first-order chi connectivity index (χ1) is 10.2. The summed E-state index contributed by atoms with van der Waals surface area (Å²) in [5.74, 6) is -0.313. The molecule has 0 atom stereocenters. The summed E-state index contributed by atoms with van der Waals surface area (Å²) >= 11 is 0. The molecule has 1 fully saturated rings. The number of hydrogen-bond acceptors (Lipinski definition) is 5. The number of nitrogen functional groups attached to an aromatic ring is 1. The van der Waals surface area contributed by atoms with Crippen LogP contribution in [0.5, 0.6) is 0 Å². The van der Waals surface area contributed by atoms with E-state index in [0.29, 0.717) is 24.0 Å². The van der Waals surface area contributed by atoms with Gasteiger partial charge in [-0.2, -0.15) is 0 Å². The molecule has 0 spiro atoms. The monoisotopic (exact) mass is 292 g/mol. The van der Waals surface area contributed by atoms with Crippen molar-refractivity contribution in [1.82, 2.24) is 0 Å². The van der Waals surface area contributed by atoms with Crippen molar-refractivity contribution in [3.05, 3.63) is 23.8 Å². The van der Waals surface area contributed by atoms with Crippen LogP contribution in [0.15, 0.2) is 18.2 Å². The highest BCUT2D eigenvalue weighted by molar-refractivity contribution is 5.99. The zero-order chi connectivity index (χ0) is 15.2. The fourth-order valence-electron chi connectivity index (χ4n) is 2.77. The van der Waals surface area contributed by atoms with Gasteiger partial charge in [0.05, 0.1) is 29.6 Å². The summed E-state index contributed by atoms with van der Waals surface area (Å²) < 4.78 is 10.8. The Hall–Kier alpha value is -1.75. The number of rotatable bonds is 5. The van der Waals surface area contributed by atoms with Crippen LogP contribution in [0.25, 0.3) is 0 Å². The maximum absolute atomic E-state index is 12.1. The number of nitrogens with zero attached hydrogens (tertiary/aromatic N) is 1. The molecule has 21 heavy (non-hydrogen) atoms. The Morgan fingerprint density at radius 2 is 2.00 bits per heavy atom. The number of para-hydroxylation sites is 1. The van der Waals surface area contributed by atoms with Gasteiger partial charge in [0.15, 0.2) is 0 Å². The quantitative estimate of drug-likeness (QED) is 0.667. The molecule has 1 aliphatic rings. The number of carbonyl (C=O) groups excluding carboxylic acids is 1. The van der Waals surface area contributed by atoms with E-state index in [1.165, 1.54) is 0 Å². The summed E-state index contributed by atoms with van der Waals surface area (Å²) in [5, 5.41) is 0. The molecule has 0 aromatic heterocycles. The van der Waals surface area contributed by atoms with Gasteiger partial charge in [-0.15, -0.1) is 0 Å². The number of benzene rings is 1. The maximum atomic E-state index is 12.1. The first-order valence-electron chi connectivity index (χ1n) is 7.59. The van der Waals surface area contributed by atoms with E-state index >= 15 is 0 Å². The van der Waals surface area contributed by atoms with Gasteiger partial charge in [-0.05, 0) is 38.8 Å². The van der Waals surface area contributed by atoms with Gasteiger partial charge < -0.3 is 20.1 Å². The lowest BCUT2D eigenvalue weighted by atomic mass is 10.0. The van der Waals surface area contributed by atoms with Crippen LogP contribution in [0.4, 0.5) is 11.4 Å². The molecule has 2 N–H and O–H groups in total. The molecule has 2 rings (SSSR count). The number of esters is 1. The van der Waals surface area contributed by atoms with Crippen LogP contribution in [0.1, 0.15) is 37.0 Å². The minimum absolute atomic E-state index is 0.308. The van der Waals surface area contributed by atoms with Gasteiger partial charge in [0.2, 0.25) is 0 Å². The zero-order valence-electron chi connectivity index (χ0n) is 12.8. The van der Waals surface area contributed by atoms with E-state index in [1.807, 2.05) is 13.0 Å². The van der Waals surface area contributed by atoms with Crippen LogP contribution in [0, 0.1) is 0 Å². The lowest BCUT2D eigenvalue weighted by Crippen LogP contribution is -2.38. The molecular weight excluding hydrogens is 268 g/mol. The molecule has 0 amide bonds. The standard InChI is InChI=1S/C16H24N2O3/c1-3-20-12-8-10-18(11-9-12)15-13(16(19)21-4-2)6-5-7-14(15)17/h5-7,12H,3-4,8-11,17H2,1-2H3. The molecule has 0 radical (unpaired) electrons. The molecule has 0 aliphatic carbocycles. The number of ether oxygens (including phenoxy) is 2. The molecule has 1 aliphatic heterocycles. The Morgan fingerprint density at radius 3 is 2.62 bits per heavy atom. The van der Waals surface area contributed by atoms with E-state index in [-0.39, 0.29) is 5.97 Å². The van der Waals surface area contributed by atoms with E-state index in [2.05, 4.69) is 4.90 Å². The molecule has 1 aromatic rings. The van der Waals surface area contributed by atoms with Crippen molar-refractivity contribution in [2.75, 3.05) is 36.9 Å². The molecule has 5 heteroatoms. The van der Waals surface area contributed by atoms with E-state index in [9.17, 15) is 4.79 Å². The normalized spacial score (nSPS) is 16.0. The molecule has 0 bridgehead atoms. The summed E-state index contributed by atoms with van der Waals surface area (Å²) in [6.07, 6.45) is 2.21. The highest BCUT2D eigenvalue weighted by atomic mass is 16.5. The third kappa shape index (κ3) is 3.67. The van der Waals surface area contributed by atoms with Crippen molar-refractivity contribution in [3.63, 3.8) is 0 Å². The molecule has 0 saturated carbocycles. The minimum Gasteiger partial charge on any atom is -0.462 e. The summed E-state index contributed by atoms with van der Waals surface area (Å²) in [7, 11) is 0. The van der Waals surface area contributed by atoms with E-state index in [0.717, 1.165) is 38.2 Å². The summed E-state index contributed by atoms with van der Waals surface area (Å²) in [4.78, 5) is 14.3. The second kappa shape index (κ2) is 7.31. The van der Waals surface area contributed by atoms with Crippen LogP contribution >= 0.6 is 0 Å². The van der Waals surface area contributed by atoms with Crippen molar-refractivity contribution in [2.24, 2.45) is 0 Å². The van der Waals surface area contributed by atoms with Gasteiger partial charge in [-0.25, -0.2) is 4.79 Å². The number of anilines is 2. The first-order valence-corrected chi connectivity index (χ1v) is 7.59. The molecule has 5 nitrogen and oxygen atoms in total. The highest BCUT2D eigenvalue weighted by Gasteiger charge is 2.25. The summed E-state index contributed by atoms with van der Waals surface area (Å²) in [6, 6.07) is 5.39. The zero-order valence-corrected chi connectivity index (χ0v) is 12.8. The minimum atomic E-state index is -0.313. The van der Waals surface area contributed by atoms with Crippen molar-refractivity contribution >= 4 is 17.3 Å². The van der Waals surface area contributed by atoms with E-state index in [4.69, 9.17) is 15.2 Å². The number of nitrogens with two attached hydrogens (primary N) is 1. The largest absolute Gasteiger partial charge is 0.462 e. The third-order valence-corrected chi connectivity index (χ3v) is 3.72. The molecule has 0 unspecified atom stereocenters.